The van der Waals surface area contributed by atoms with Crippen LogP contribution in [0.3, 0.4) is 0 Å². The minimum Gasteiger partial charge on any atom is -0.306 e. The number of imidazole rings is 1. The van der Waals surface area contributed by atoms with Crippen LogP contribution in [0.15, 0.2) is 49.0 Å². The number of nitrogens with zero attached hydrogens (tertiary/aromatic N) is 4. The smallest absolute Gasteiger partial charge is 0.179 e. The van der Waals surface area contributed by atoms with Crippen LogP contribution >= 0.6 is 0 Å². The predicted octanol–water partition coefficient (Wildman–Crippen LogP) is 1.79. The van der Waals surface area contributed by atoms with Crippen LogP contribution in [0.2, 0.25) is 0 Å². The van der Waals surface area contributed by atoms with Gasteiger partial charge in [-0.15, -0.1) is 0 Å². The van der Waals surface area contributed by atoms with Crippen LogP contribution in [0.25, 0.3) is 17.2 Å². The highest BCUT2D eigenvalue weighted by molar-refractivity contribution is 5.54. The molecule has 0 spiro atoms. The zero-order chi connectivity index (χ0) is 11.0. The minimum absolute atomic E-state index is 0.299. The lowest BCUT2D eigenvalue weighted by atomic mass is 10.4. The first-order chi connectivity index (χ1) is 7.83. The third-order valence-electron chi connectivity index (χ3n) is 2.12. The Bertz CT molecular complexity index is 597. The topological polar surface area (TPSA) is 43.1 Å². The second-order valence-corrected chi connectivity index (χ2v) is 3.10. The summed E-state index contributed by atoms with van der Waals surface area (Å²) in [6.45, 7) is 0. The summed E-state index contributed by atoms with van der Waals surface area (Å²) in [6, 6.07) is 6.08. The van der Waals surface area contributed by atoms with Gasteiger partial charge in [0.05, 0.1) is 1.37 Å². The van der Waals surface area contributed by atoms with Crippen LogP contribution in [-0.2, 0) is 0 Å². The number of fused-ring (bicyclic) bond motifs is 1. The van der Waals surface area contributed by atoms with Crippen LogP contribution < -0.4 is 0 Å². The molecule has 0 aromatic carbocycles. The van der Waals surface area contributed by atoms with Crippen molar-refractivity contribution in [1.82, 2.24) is 19.4 Å². The molecule has 0 radical (unpaired) electrons. The van der Waals surface area contributed by atoms with Crippen LogP contribution in [0.5, 0.6) is 0 Å². The lowest BCUT2D eigenvalue weighted by molar-refractivity contribution is 1.15. The molecule has 0 saturated heterocycles. The summed E-state index contributed by atoms with van der Waals surface area (Å²) in [5.41, 5.74) is 1.57. The Morgan fingerprint density at radius 3 is 2.87 bits per heavy atom. The van der Waals surface area contributed by atoms with Crippen molar-refractivity contribution in [2.24, 2.45) is 0 Å². The molecule has 4 heteroatoms. The van der Waals surface area contributed by atoms with Gasteiger partial charge in [0.2, 0.25) is 0 Å². The van der Waals surface area contributed by atoms with Crippen molar-refractivity contribution < 1.29 is 1.37 Å². The van der Waals surface area contributed by atoms with E-state index in [0.717, 1.165) is 5.65 Å². The molecule has 0 saturated carbocycles. The molecule has 0 aliphatic rings. The summed E-state index contributed by atoms with van der Waals surface area (Å²) in [7, 11) is 0. The van der Waals surface area contributed by atoms with E-state index in [2.05, 4.69) is 15.0 Å². The molecule has 0 bridgehead atoms. The summed E-state index contributed by atoms with van der Waals surface area (Å²) in [4.78, 5) is 12.5. The van der Waals surface area contributed by atoms with E-state index >= 15 is 0 Å². The zero-order valence-electron chi connectivity index (χ0n) is 8.83. The fourth-order valence-electron chi connectivity index (χ4n) is 1.44. The van der Waals surface area contributed by atoms with Crippen molar-refractivity contribution in [3.05, 3.63) is 49.0 Å². The second kappa shape index (κ2) is 3.16. The molecule has 3 rings (SSSR count). The molecule has 0 fully saturated rings. The Balaban J connectivity index is 2.15. The van der Waals surface area contributed by atoms with Gasteiger partial charge >= 0.3 is 0 Å². The Labute approximate surface area is 87.7 Å². The molecule has 0 aliphatic heterocycles. The van der Waals surface area contributed by atoms with Gasteiger partial charge < -0.3 is 4.40 Å². The van der Waals surface area contributed by atoms with E-state index in [1.807, 2.05) is 35.0 Å². The standard InChI is InChI=1S/C11H8N4/c1-2-7-15-8-9(14-10(15)4-1)11-12-5-3-6-13-11/h1-8H/i3T. The molecular weight excluding hydrogens is 188 g/mol. The Kier molecular flexibility index (Phi) is 1.50. The maximum atomic E-state index is 7.31. The van der Waals surface area contributed by atoms with E-state index in [0.29, 0.717) is 17.6 Å². The molecule has 0 N–H and O–H groups in total. The highest BCUT2D eigenvalue weighted by Crippen LogP contribution is 2.13. The van der Waals surface area contributed by atoms with Gasteiger partial charge in [-0.05, 0) is 18.2 Å². The van der Waals surface area contributed by atoms with Gasteiger partial charge in [0.25, 0.3) is 0 Å². The largest absolute Gasteiger partial charge is 0.306 e. The maximum absolute atomic E-state index is 7.31. The Hall–Kier alpha value is -2.23. The number of hydrogen-bond donors (Lipinski definition) is 0. The van der Waals surface area contributed by atoms with Gasteiger partial charge in [-0.1, -0.05) is 6.07 Å². The van der Waals surface area contributed by atoms with Gasteiger partial charge in [-0.25, -0.2) is 15.0 Å². The fourth-order valence-corrected chi connectivity index (χ4v) is 1.44. The zero-order valence-corrected chi connectivity index (χ0v) is 7.83. The SMILES string of the molecule is [3H]c1cnc(-c2cn3ccccc3n2)nc1. The van der Waals surface area contributed by atoms with E-state index in [9.17, 15) is 0 Å². The molecule has 15 heavy (non-hydrogen) atoms. The minimum atomic E-state index is 0.299. The van der Waals surface area contributed by atoms with Gasteiger partial charge in [0, 0.05) is 24.8 Å². The molecule has 0 atom stereocenters. The summed E-state index contributed by atoms with van der Waals surface area (Å²) < 4.78 is 9.22. The highest BCUT2D eigenvalue weighted by Gasteiger charge is 2.04. The van der Waals surface area contributed by atoms with Crippen molar-refractivity contribution >= 4 is 5.65 Å². The van der Waals surface area contributed by atoms with Gasteiger partial charge in [-0.2, -0.15) is 0 Å². The lowest BCUT2D eigenvalue weighted by Crippen LogP contribution is -1.85. The molecule has 3 heterocycles. The molecule has 3 aromatic heterocycles. The Morgan fingerprint density at radius 2 is 2.07 bits per heavy atom. The van der Waals surface area contributed by atoms with Crippen LogP contribution in [0.1, 0.15) is 1.37 Å². The molecule has 0 aliphatic carbocycles. The number of rotatable bonds is 1. The van der Waals surface area contributed by atoms with Crippen LogP contribution in [-0.4, -0.2) is 19.4 Å². The molecule has 0 unspecified atom stereocenters. The molecule has 3 aromatic rings. The summed E-state index contributed by atoms with van der Waals surface area (Å²) in [6.07, 6.45) is 6.72. The number of aromatic nitrogens is 4. The van der Waals surface area contributed by atoms with Crippen molar-refractivity contribution in [1.29, 1.82) is 0 Å². The van der Waals surface area contributed by atoms with Gasteiger partial charge in [0.15, 0.2) is 5.82 Å². The van der Waals surface area contributed by atoms with Crippen molar-refractivity contribution in [3.8, 4) is 11.5 Å². The monoisotopic (exact) mass is 198 g/mol. The summed E-state index contributed by atoms with van der Waals surface area (Å²) >= 11 is 0. The number of hydrogen-bond acceptors (Lipinski definition) is 3. The first-order valence-corrected chi connectivity index (χ1v) is 4.56. The van der Waals surface area contributed by atoms with Crippen LogP contribution in [0.4, 0.5) is 0 Å². The molecule has 4 nitrogen and oxygen atoms in total. The van der Waals surface area contributed by atoms with E-state index in [4.69, 9.17) is 1.37 Å². The van der Waals surface area contributed by atoms with Crippen LogP contribution in [0, 0.1) is 0 Å². The first-order valence-electron chi connectivity index (χ1n) is 5.06. The molecular formula is C11H8N4. The second-order valence-electron chi connectivity index (χ2n) is 3.10. The van der Waals surface area contributed by atoms with Crippen molar-refractivity contribution in [2.75, 3.05) is 0 Å². The molecule has 72 valence electrons. The number of pyridine rings is 1. The van der Waals surface area contributed by atoms with Crippen molar-refractivity contribution in [3.63, 3.8) is 0 Å². The average Bonchev–Trinajstić information content (AvgIpc) is 2.73. The first kappa shape index (κ1) is 7.11. The Morgan fingerprint density at radius 1 is 1.20 bits per heavy atom. The van der Waals surface area contributed by atoms with Gasteiger partial charge in [0.1, 0.15) is 11.3 Å². The third kappa shape index (κ3) is 1.36. The quantitative estimate of drug-likeness (QED) is 0.598. The van der Waals surface area contributed by atoms with Gasteiger partial charge in [-0.3, -0.25) is 0 Å². The van der Waals surface area contributed by atoms with E-state index in [-0.39, 0.29) is 0 Å². The van der Waals surface area contributed by atoms with Crippen molar-refractivity contribution in [2.45, 2.75) is 0 Å². The molecule has 0 amide bonds. The normalized spacial score (nSPS) is 11.6. The summed E-state index contributed by atoms with van der Waals surface area (Å²) in [5.74, 6) is 0.541. The lowest BCUT2D eigenvalue weighted by Gasteiger charge is -1.90. The van der Waals surface area contributed by atoms with E-state index < -0.39 is 0 Å². The summed E-state index contributed by atoms with van der Waals surface area (Å²) in [5, 5.41) is 0. The fraction of sp³-hybridized carbons (Fsp3) is 0. The third-order valence-corrected chi connectivity index (χ3v) is 2.12. The predicted molar refractivity (Wildman–Crippen MR) is 56.2 cm³/mol. The average molecular weight is 198 g/mol. The van der Waals surface area contributed by atoms with E-state index in [1.54, 1.807) is 0 Å². The highest BCUT2D eigenvalue weighted by atomic mass is 15.0. The van der Waals surface area contributed by atoms with E-state index in [1.165, 1.54) is 12.4 Å². The maximum Gasteiger partial charge on any atom is 0.179 e.